The van der Waals surface area contributed by atoms with Gasteiger partial charge in [-0.25, -0.2) is 0 Å². The van der Waals surface area contributed by atoms with E-state index < -0.39 is 0 Å². The van der Waals surface area contributed by atoms with Crippen molar-refractivity contribution >= 4 is 34.8 Å². The summed E-state index contributed by atoms with van der Waals surface area (Å²) in [4.78, 5) is 0. The monoisotopic (exact) mass is 300 g/mol. The Kier molecular flexibility index (Phi) is 4.39. The third-order valence-electron chi connectivity index (χ3n) is 2.64. The summed E-state index contributed by atoms with van der Waals surface area (Å²) in [6.45, 7) is 0. The normalized spacial score (nSPS) is 12.2. The summed E-state index contributed by atoms with van der Waals surface area (Å²) < 4.78 is 5.11. The molecular formula is C14H11Cl3O. The Hall–Kier alpha value is -0.890. The average molecular weight is 302 g/mol. The predicted octanol–water partition coefficient (Wildman–Crippen LogP) is 5.33. The van der Waals surface area contributed by atoms with Gasteiger partial charge in [-0.15, -0.1) is 11.6 Å². The standard InChI is InChI=1S/C14H11Cl3O/c1-18-11-5-2-9(3-6-11)14(17)12-8-10(15)4-7-13(12)16/h2-8,14H,1H3. The SMILES string of the molecule is COc1ccc(C(Cl)c2cc(Cl)ccc2Cl)cc1. The summed E-state index contributed by atoms with van der Waals surface area (Å²) in [5.41, 5.74) is 1.75. The largest absolute Gasteiger partial charge is 0.497 e. The van der Waals surface area contributed by atoms with Crippen molar-refractivity contribution in [1.82, 2.24) is 0 Å². The minimum absolute atomic E-state index is 0.331. The number of hydrogen-bond donors (Lipinski definition) is 0. The Balaban J connectivity index is 2.34. The first-order valence-corrected chi connectivity index (χ1v) is 6.54. The molecule has 0 fully saturated rings. The molecule has 1 atom stereocenters. The number of rotatable bonds is 3. The Bertz CT molecular complexity index is 537. The van der Waals surface area contributed by atoms with E-state index in [9.17, 15) is 0 Å². The minimum atomic E-state index is -0.331. The molecule has 2 rings (SSSR count). The van der Waals surface area contributed by atoms with Gasteiger partial charge >= 0.3 is 0 Å². The number of ether oxygens (including phenoxy) is 1. The van der Waals surface area contributed by atoms with E-state index in [1.54, 1.807) is 25.3 Å². The number of benzene rings is 2. The maximum atomic E-state index is 6.42. The van der Waals surface area contributed by atoms with Crippen molar-refractivity contribution in [3.05, 3.63) is 63.6 Å². The van der Waals surface area contributed by atoms with Gasteiger partial charge in [-0.2, -0.15) is 0 Å². The van der Waals surface area contributed by atoms with Crippen LogP contribution < -0.4 is 4.74 Å². The molecule has 0 heterocycles. The van der Waals surface area contributed by atoms with Crippen LogP contribution >= 0.6 is 34.8 Å². The van der Waals surface area contributed by atoms with Crippen LogP contribution in [-0.4, -0.2) is 7.11 Å². The zero-order valence-corrected chi connectivity index (χ0v) is 11.9. The van der Waals surface area contributed by atoms with Crippen LogP contribution in [0.1, 0.15) is 16.5 Å². The van der Waals surface area contributed by atoms with Gasteiger partial charge in [-0.1, -0.05) is 35.3 Å². The van der Waals surface area contributed by atoms with E-state index in [0.717, 1.165) is 16.9 Å². The van der Waals surface area contributed by atoms with Crippen molar-refractivity contribution < 1.29 is 4.74 Å². The minimum Gasteiger partial charge on any atom is -0.497 e. The van der Waals surface area contributed by atoms with Gasteiger partial charge in [0.05, 0.1) is 12.5 Å². The van der Waals surface area contributed by atoms with Crippen LogP contribution in [0.25, 0.3) is 0 Å². The van der Waals surface area contributed by atoms with Gasteiger partial charge < -0.3 is 4.74 Å². The first-order chi connectivity index (χ1) is 8.61. The van der Waals surface area contributed by atoms with Crippen molar-refractivity contribution in [2.75, 3.05) is 7.11 Å². The molecular weight excluding hydrogens is 291 g/mol. The van der Waals surface area contributed by atoms with Crippen molar-refractivity contribution in [3.8, 4) is 5.75 Å². The lowest BCUT2D eigenvalue weighted by Gasteiger charge is -2.13. The number of halogens is 3. The summed E-state index contributed by atoms with van der Waals surface area (Å²) in [6.07, 6.45) is 0. The van der Waals surface area contributed by atoms with E-state index in [2.05, 4.69) is 0 Å². The molecule has 94 valence electrons. The van der Waals surface area contributed by atoms with Gasteiger partial charge in [0.2, 0.25) is 0 Å². The quantitative estimate of drug-likeness (QED) is 0.696. The highest BCUT2D eigenvalue weighted by atomic mass is 35.5. The predicted molar refractivity (Wildman–Crippen MR) is 77.2 cm³/mol. The smallest absolute Gasteiger partial charge is 0.118 e. The Morgan fingerprint density at radius 1 is 1.00 bits per heavy atom. The molecule has 1 nitrogen and oxygen atoms in total. The molecule has 0 amide bonds. The lowest BCUT2D eigenvalue weighted by molar-refractivity contribution is 0.414. The Morgan fingerprint density at radius 2 is 1.67 bits per heavy atom. The van der Waals surface area contributed by atoms with Gasteiger partial charge in [-0.05, 0) is 41.5 Å². The molecule has 0 aliphatic rings. The summed E-state index contributed by atoms with van der Waals surface area (Å²) in [7, 11) is 1.63. The first-order valence-electron chi connectivity index (χ1n) is 5.35. The fourth-order valence-corrected chi connectivity index (χ4v) is 2.45. The fourth-order valence-electron chi connectivity index (χ4n) is 1.66. The number of hydrogen-bond acceptors (Lipinski definition) is 1. The van der Waals surface area contributed by atoms with E-state index in [4.69, 9.17) is 39.5 Å². The van der Waals surface area contributed by atoms with Gasteiger partial charge in [0, 0.05) is 10.0 Å². The third kappa shape index (κ3) is 2.92. The summed E-state index contributed by atoms with van der Waals surface area (Å²) in [5, 5.41) is 0.894. The molecule has 0 N–H and O–H groups in total. The zero-order valence-electron chi connectivity index (χ0n) is 9.66. The highest BCUT2D eigenvalue weighted by Gasteiger charge is 2.14. The van der Waals surface area contributed by atoms with Crippen LogP contribution in [-0.2, 0) is 0 Å². The maximum absolute atomic E-state index is 6.42. The lowest BCUT2D eigenvalue weighted by Crippen LogP contribution is -1.94. The lowest BCUT2D eigenvalue weighted by atomic mass is 10.0. The van der Waals surface area contributed by atoms with Crippen LogP contribution in [0.2, 0.25) is 10.0 Å². The summed E-state index contributed by atoms with van der Waals surface area (Å²) in [5.74, 6) is 0.791. The molecule has 4 heteroatoms. The van der Waals surface area contributed by atoms with E-state index in [-0.39, 0.29) is 5.38 Å². The molecule has 0 saturated heterocycles. The van der Waals surface area contributed by atoms with E-state index in [0.29, 0.717) is 10.0 Å². The van der Waals surface area contributed by atoms with E-state index >= 15 is 0 Å². The molecule has 1 unspecified atom stereocenters. The van der Waals surface area contributed by atoms with Crippen molar-refractivity contribution in [2.24, 2.45) is 0 Å². The van der Waals surface area contributed by atoms with Gasteiger partial charge in [0.15, 0.2) is 0 Å². The van der Waals surface area contributed by atoms with Crippen LogP contribution in [0, 0.1) is 0 Å². The second kappa shape index (κ2) is 5.83. The second-order valence-corrected chi connectivity index (χ2v) is 5.08. The van der Waals surface area contributed by atoms with E-state index in [1.807, 2.05) is 24.3 Å². The number of alkyl halides is 1. The van der Waals surface area contributed by atoms with Gasteiger partial charge in [0.25, 0.3) is 0 Å². The van der Waals surface area contributed by atoms with Crippen molar-refractivity contribution in [2.45, 2.75) is 5.38 Å². The molecule has 2 aromatic carbocycles. The molecule has 0 spiro atoms. The molecule has 0 aliphatic heterocycles. The maximum Gasteiger partial charge on any atom is 0.118 e. The molecule has 0 saturated carbocycles. The molecule has 18 heavy (non-hydrogen) atoms. The Morgan fingerprint density at radius 3 is 2.28 bits per heavy atom. The molecule has 0 bridgehead atoms. The first kappa shape index (κ1) is 13.5. The van der Waals surface area contributed by atoms with Crippen LogP contribution in [0.3, 0.4) is 0 Å². The zero-order chi connectivity index (χ0) is 13.1. The molecule has 0 radical (unpaired) electrons. The van der Waals surface area contributed by atoms with Crippen LogP contribution in [0.5, 0.6) is 5.75 Å². The molecule has 0 aromatic heterocycles. The van der Waals surface area contributed by atoms with Gasteiger partial charge in [0.1, 0.15) is 5.75 Å². The van der Waals surface area contributed by atoms with Crippen molar-refractivity contribution in [1.29, 1.82) is 0 Å². The topological polar surface area (TPSA) is 9.23 Å². The van der Waals surface area contributed by atoms with Gasteiger partial charge in [-0.3, -0.25) is 0 Å². The summed E-state index contributed by atoms with van der Waals surface area (Å²) in [6, 6.07) is 12.8. The Labute approximate surface area is 121 Å². The third-order valence-corrected chi connectivity index (χ3v) is 3.71. The fraction of sp³-hybridized carbons (Fsp3) is 0.143. The number of methoxy groups -OCH3 is 1. The van der Waals surface area contributed by atoms with E-state index in [1.165, 1.54) is 0 Å². The highest BCUT2D eigenvalue weighted by Crippen LogP contribution is 2.35. The van der Waals surface area contributed by atoms with Crippen LogP contribution in [0.15, 0.2) is 42.5 Å². The van der Waals surface area contributed by atoms with Crippen LogP contribution in [0.4, 0.5) is 0 Å². The molecule has 2 aromatic rings. The van der Waals surface area contributed by atoms with Crippen molar-refractivity contribution in [3.63, 3.8) is 0 Å². The summed E-state index contributed by atoms with van der Waals surface area (Å²) >= 11 is 18.5. The average Bonchev–Trinajstić information content (AvgIpc) is 2.41. The molecule has 0 aliphatic carbocycles. The highest BCUT2D eigenvalue weighted by molar-refractivity contribution is 6.35. The second-order valence-electron chi connectivity index (χ2n) is 3.80.